The summed E-state index contributed by atoms with van der Waals surface area (Å²) in [5, 5.41) is 9.11. The fourth-order valence-corrected chi connectivity index (χ4v) is 2.64. The van der Waals surface area contributed by atoms with Gasteiger partial charge in [-0.05, 0) is 33.6 Å². The van der Waals surface area contributed by atoms with E-state index in [-0.39, 0.29) is 6.10 Å². The Morgan fingerprint density at radius 3 is 2.53 bits per heavy atom. The second-order valence-electron chi connectivity index (χ2n) is 5.12. The SMILES string of the molecule is Cc1nc(CC2CCCO2)nc(C)c1C(C)C(=O)O. The van der Waals surface area contributed by atoms with Gasteiger partial charge in [0.2, 0.25) is 0 Å². The molecular formula is C14H20N2O3. The highest BCUT2D eigenvalue weighted by molar-refractivity contribution is 5.76. The second kappa shape index (κ2) is 5.65. The van der Waals surface area contributed by atoms with Gasteiger partial charge in [-0.2, -0.15) is 0 Å². The zero-order chi connectivity index (χ0) is 14.0. The van der Waals surface area contributed by atoms with E-state index in [2.05, 4.69) is 9.97 Å². The summed E-state index contributed by atoms with van der Waals surface area (Å²) in [7, 11) is 0. The van der Waals surface area contributed by atoms with E-state index >= 15 is 0 Å². The van der Waals surface area contributed by atoms with Gasteiger partial charge in [0, 0.05) is 30.0 Å². The number of carboxylic acids is 1. The molecule has 2 heterocycles. The van der Waals surface area contributed by atoms with Crippen molar-refractivity contribution in [2.75, 3.05) is 6.61 Å². The number of aliphatic carboxylic acids is 1. The minimum Gasteiger partial charge on any atom is -0.481 e. The lowest BCUT2D eigenvalue weighted by Gasteiger charge is -2.15. The fourth-order valence-electron chi connectivity index (χ4n) is 2.64. The number of ether oxygens (including phenoxy) is 1. The molecule has 0 amide bonds. The van der Waals surface area contributed by atoms with Crippen molar-refractivity contribution in [1.82, 2.24) is 9.97 Å². The fraction of sp³-hybridized carbons (Fsp3) is 0.643. The molecule has 19 heavy (non-hydrogen) atoms. The Labute approximate surface area is 113 Å². The molecule has 1 aromatic rings. The lowest BCUT2D eigenvalue weighted by atomic mass is 9.98. The van der Waals surface area contributed by atoms with Gasteiger partial charge < -0.3 is 9.84 Å². The molecule has 2 unspecified atom stereocenters. The largest absolute Gasteiger partial charge is 0.481 e. The predicted octanol–water partition coefficient (Wildman–Crippen LogP) is 2.00. The third kappa shape index (κ3) is 3.10. The number of aromatic nitrogens is 2. The Morgan fingerprint density at radius 1 is 1.42 bits per heavy atom. The summed E-state index contributed by atoms with van der Waals surface area (Å²) in [6.07, 6.45) is 3.07. The van der Waals surface area contributed by atoms with Crippen LogP contribution < -0.4 is 0 Å². The molecule has 1 fully saturated rings. The molecule has 1 aliphatic heterocycles. The number of hydrogen-bond donors (Lipinski definition) is 1. The molecule has 5 nitrogen and oxygen atoms in total. The zero-order valence-electron chi connectivity index (χ0n) is 11.6. The number of hydrogen-bond acceptors (Lipinski definition) is 4. The molecule has 104 valence electrons. The first-order chi connectivity index (χ1) is 8.99. The van der Waals surface area contributed by atoms with Crippen LogP contribution in [0.15, 0.2) is 0 Å². The molecule has 2 rings (SSSR count). The van der Waals surface area contributed by atoms with Gasteiger partial charge >= 0.3 is 5.97 Å². The normalized spacial score (nSPS) is 20.5. The molecule has 1 aliphatic rings. The van der Waals surface area contributed by atoms with Crippen molar-refractivity contribution in [3.05, 3.63) is 22.8 Å². The molecule has 1 saturated heterocycles. The van der Waals surface area contributed by atoms with Crippen molar-refractivity contribution in [3.8, 4) is 0 Å². The number of aryl methyl sites for hydroxylation is 2. The van der Waals surface area contributed by atoms with Gasteiger partial charge in [0.05, 0.1) is 12.0 Å². The van der Waals surface area contributed by atoms with Gasteiger partial charge in [-0.25, -0.2) is 9.97 Å². The van der Waals surface area contributed by atoms with Crippen LogP contribution in [0, 0.1) is 13.8 Å². The molecule has 0 aromatic carbocycles. The van der Waals surface area contributed by atoms with E-state index in [1.54, 1.807) is 6.92 Å². The van der Waals surface area contributed by atoms with Crippen molar-refractivity contribution in [3.63, 3.8) is 0 Å². The van der Waals surface area contributed by atoms with E-state index in [0.717, 1.165) is 42.2 Å². The molecule has 0 aliphatic carbocycles. The first-order valence-electron chi connectivity index (χ1n) is 6.67. The number of carbonyl (C=O) groups is 1. The van der Waals surface area contributed by atoms with Crippen LogP contribution in [0.4, 0.5) is 0 Å². The highest BCUT2D eigenvalue weighted by atomic mass is 16.5. The third-order valence-electron chi connectivity index (χ3n) is 3.61. The Bertz CT molecular complexity index is 459. The predicted molar refractivity (Wildman–Crippen MR) is 70.2 cm³/mol. The van der Waals surface area contributed by atoms with Crippen LogP contribution in [0.25, 0.3) is 0 Å². The van der Waals surface area contributed by atoms with Crippen molar-refractivity contribution in [2.24, 2.45) is 0 Å². The second-order valence-corrected chi connectivity index (χ2v) is 5.12. The number of carboxylic acid groups (broad SMARTS) is 1. The molecule has 0 spiro atoms. The van der Waals surface area contributed by atoms with Gasteiger partial charge in [0.1, 0.15) is 5.82 Å². The molecular weight excluding hydrogens is 244 g/mol. The van der Waals surface area contributed by atoms with E-state index < -0.39 is 11.9 Å². The first-order valence-corrected chi connectivity index (χ1v) is 6.67. The van der Waals surface area contributed by atoms with E-state index in [4.69, 9.17) is 9.84 Å². The van der Waals surface area contributed by atoms with Gasteiger partial charge in [-0.1, -0.05) is 0 Å². The molecule has 1 N–H and O–H groups in total. The van der Waals surface area contributed by atoms with Crippen LogP contribution in [-0.2, 0) is 16.0 Å². The summed E-state index contributed by atoms with van der Waals surface area (Å²) in [6, 6.07) is 0. The molecule has 2 atom stereocenters. The highest BCUT2D eigenvalue weighted by Gasteiger charge is 2.22. The first kappa shape index (κ1) is 13.9. The lowest BCUT2D eigenvalue weighted by Crippen LogP contribution is -2.17. The Hall–Kier alpha value is -1.49. The quantitative estimate of drug-likeness (QED) is 0.900. The summed E-state index contributed by atoms with van der Waals surface area (Å²) in [5.74, 6) is -0.665. The Morgan fingerprint density at radius 2 is 2.05 bits per heavy atom. The molecule has 1 aromatic heterocycles. The van der Waals surface area contributed by atoms with E-state index in [1.807, 2.05) is 13.8 Å². The number of rotatable bonds is 4. The van der Waals surface area contributed by atoms with Crippen molar-refractivity contribution in [2.45, 2.75) is 52.1 Å². The summed E-state index contributed by atoms with van der Waals surface area (Å²) in [6.45, 7) is 6.18. The summed E-state index contributed by atoms with van der Waals surface area (Å²) >= 11 is 0. The standard InChI is InChI=1S/C14H20N2O3/c1-8(14(17)18)13-9(2)15-12(16-10(13)3)7-11-5-4-6-19-11/h8,11H,4-7H2,1-3H3,(H,17,18). The lowest BCUT2D eigenvalue weighted by molar-refractivity contribution is -0.138. The Balaban J connectivity index is 2.23. The summed E-state index contributed by atoms with van der Waals surface area (Å²) < 4.78 is 5.58. The van der Waals surface area contributed by atoms with Crippen LogP contribution >= 0.6 is 0 Å². The van der Waals surface area contributed by atoms with Crippen LogP contribution in [0.1, 0.15) is 48.5 Å². The van der Waals surface area contributed by atoms with E-state index in [9.17, 15) is 4.79 Å². The third-order valence-corrected chi connectivity index (χ3v) is 3.61. The summed E-state index contributed by atoms with van der Waals surface area (Å²) in [4.78, 5) is 20.0. The molecule has 0 radical (unpaired) electrons. The number of nitrogens with zero attached hydrogens (tertiary/aromatic N) is 2. The Kier molecular flexibility index (Phi) is 4.14. The molecule has 0 bridgehead atoms. The van der Waals surface area contributed by atoms with E-state index in [1.165, 1.54) is 0 Å². The van der Waals surface area contributed by atoms with Gasteiger partial charge in [-0.15, -0.1) is 0 Å². The van der Waals surface area contributed by atoms with Gasteiger partial charge in [0.15, 0.2) is 0 Å². The zero-order valence-corrected chi connectivity index (χ0v) is 11.6. The van der Waals surface area contributed by atoms with Crippen LogP contribution in [-0.4, -0.2) is 33.8 Å². The average molecular weight is 264 g/mol. The minimum absolute atomic E-state index is 0.210. The monoisotopic (exact) mass is 264 g/mol. The van der Waals surface area contributed by atoms with Crippen molar-refractivity contribution >= 4 is 5.97 Å². The summed E-state index contributed by atoms with van der Waals surface area (Å²) in [5.41, 5.74) is 2.24. The highest BCUT2D eigenvalue weighted by Crippen LogP contribution is 2.23. The van der Waals surface area contributed by atoms with Crippen molar-refractivity contribution < 1.29 is 14.6 Å². The maximum absolute atomic E-state index is 11.1. The maximum atomic E-state index is 11.1. The van der Waals surface area contributed by atoms with Gasteiger partial charge in [-0.3, -0.25) is 4.79 Å². The minimum atomic E-state index is -0.846. The molecule has 5 heteroatoms. The van der Waals surface area contributed by atoms with Crippen LogP contribution in [0.3, 0.4) is 0 Å². The smallest absolute Gasteiger partial charge is 0.310 e. The van der Waals surface area contributed by atoms with Crippen LogP contribution in [0.2, 0.25) is 0 Å². The topological polar surface area (TPSA) is 72.3 Å². The van der Waals surface area contributed by atoms with Crippen molar-refractivity contribution in [1.29, 1.82) is 0 Å². The molecule has 0 saturated carbocycles. The van der Waals surface area contributed by atoms with Crippen LogP contribution in [0.5, 0.6) is 0 Å². The average Bonchev–Trinajstić information content (AvgIpc) is 2.80. The van der Waals surface area contributed by atoms with Gasteiger partial charge in [0.25, 0.3) is 0 Å². The maximum Gasteiger partial charge on any atom is 0.310 e. The van der Waals surface area contributed by atoms with E-state index in [0.29, 0.717) is 6.42 Å².